The standard InChI is InChI=1S/C13H7FN2/c14-11-7-12-10-4-2-1-3-9(10)5-6-16(12)13(11)8-15/h1-7H. The molecule has 0 atom stereocenters. The van der Waals surface area contributed by atoms with Gasteiger partial charge in [-0.1, -0.05) is 24.3 Å². The summed E-state index contributed by atoms with van der Waals surface area (Å²) in [4.78, 5) is 0. The maximum atomic E-state index is 13.5. The number of hydrogen-bond donors (Lipinski definition) is 0. The van der Waals surface area contributed by atoms with Crippen molar-refractivity contribution >= 4 is 16.3 Å². The van der Waals surface area contributed by atoms with Gasteiger partial charge in [-0.05, 0) is 11.5 Å². The molecule has 0 fully saturated rings. The first kappa shape index (κ1) is 8.93. The lowest BCUT2D eigenvalue weighted by Crippen LogP contribution is -1.89. The lowest BCUT2D eigenvalue weighted by atomic mass is 10.1. The number of pyridine rings is 1. The molecule has 0 radical (unpaired) electrons. The van der Waals surface area contributed by atoms with Gasteiger partial charge in [-0.3, -0.25) is 0 Å². The van der Waals surface area contributed by atoms with E-state index in [0.717, 1.165) is 16.3 Å². The van der Waals surface area contributed by atoms with E-state index in [9.17, 15) is 4.39 Å². The Balaban J connectivity index is 2.59. The van der Waals surface area contributed by atoms with Crippen molar-refractivity contribution in [2.45, 2.75) is 0 Å². The fourth-order valence-corrected chi connectivity index (χ4v) is 1.99. The van der Waals surface area contributed by atoms with Crippen molar-refractivity contribution in [2.75, 3.05) is 0 Å². The topological polar surface area (TPSA) is 28.2 Å². The average molecular weight is 210 g/mol. The summed E-state index contributed by atoms with van der Waals surface area (Å²) < 4.78 is 15.1. The van der Waals surface area contributed by atoms with Gasteiger partial charge in [-0.25, -0.2) is 4.39 Å². The second-order valence-electron chi connectivity index (χ2n) is 3.61. The first-order valence-corrected chi connectivity index (χ1v) is 4.89. The van der Waals surface area contributed by atoms with E-state index in [1.165, 1.54) is 6.07 Å². The molecule has 0 N–H and O–H groups in total. The first-order valence-electron chi connectivity index (χ1n) is 4.89. The van der Waals surface area contributed by atoms with Crippen LogP contribution in [0.3, 0.4) is 0 Å². The van der Waals surface area contributed by atoms with E-state index in [1.807, 2.05) is 36.4 Å². The summed E-state index contributed by atoms with van der Waals surface area (Å²) in [7, 11) is 0. The average Bonchev–Trinajstić information content (AvgIpc) is 2.65. The van der Waals surface area contributed by atoms with Crippen LogP contribution in [0.5, 0.6) is 0 Å². The molecule has 0 amide bonds. The minimum absolute atomic E-state index is 0.0563. The van der Waals surface area contributed by atoms with Gasteiger partial charge in [0, 0.05) is 17.6 Å². The lowest BCUT2D eigenvalue weighted by Gasteiger charge is -2.01. The summed E-state index contributed by atoms with van der Waals surface area (Å²) >= 11 is 0. The van der Waals surface area contributed by atoms with Gasteiger partial charge in [0.05, 0.1) is 5.52 Å². The minimum atomic E-state index is -0.473. The van der Waals surface area contributed by atoms with Crippen molar-refractivity contribution in [1.82, 2.24) is 4.40 Å². The van der Waals surface area contributed by atoms with Crippen LogP contribution in [0.1, 0.15) is 5.69 Å². The van der Waals surface area contributed by atoms with Crippen LogP contribution in [0.2, 0.25) is 0 Å². The molecule has 0 unspecified atom stereocenters. The number of hydrogen-bond acceptors (Lipinski definition) is 1. The Morgan fingerprint density at radius 3 is 2.81 bits per heavy atom. The van der Waals surface area contributed by atoms with Crippen LogP contribution >= 0.6 is 0 Å². The summed E-state index contributed by atoms with van der Waals surface area (Å²) in [6, 6.07) is 12.9. The molecule has 0 saturated carbocycles. The summed E-state index contributed by atoms with van der Waals surface area (Å²) in [5.41, 5.74) is 0.785. The van der Waals surface area contributed by atoms with E-state index in [2.05, 4.69) is 0 Å². The van der Waals surface area contributed by atoms with E-state index in [0.29, 0.717) is 0 Å². The Morgan fingerprint density at radius 2 is 2.00 bits per heavy atom. The van der Waals surface area contributed by atoms with Gasteiger partial charge >= 0.3 is 0 Å². The molecule has 2 aromatic heterocycles. The molecular formula is C13H7FN2. The van der Waals surface area contributed by atoms with Gasteiger partial charge in [0.2, 0.25) is 0 Å². The molecule has 1 aromatic carbocycles. The van der Waals surface area contributed by atoms with Gasteiger partial charge in [0.15, 0.2) is 11.5 Å². The van der Waals surface area contributed by atoms with Crippen LogP contribution < -0.4 is 0 Å². The number of nitrogens with zero attached hydrogens (tertiary/aromatic N) is 2. The largest absolute Gasteiger partial charge is 0.305 e. The fraction of sp³-hybridized carbons (Fsp3) is 0. The van der Waals surface area contributed by atoms with Crippen LogP contribution in [0.4, 0.5) is 4.39 Å². The number of fused-ring (bicyclic) bond motifs is 3. The maximum absolute atomic E-state index is 13.5. The summed E-state index contributed by atoms with van der Waals surface area (Å²) in [5, 5.41) is 10.9. The molecule has 0 aliphatic heterocycles. The number of benzene rings is 1. The SMILES string of the molecule is N#Cc1c(F)cc2c3ccccc3ccn12. The van der Waals surface area contributed by atoms with Crippen LogP contribution in [-0.2, 0) is 0 Å². The number of nitriles is 1. The zero-order valence-corrected chi connectivity index (χ0v) is 8.31. The fourth-order valence-electron chi connectivity index (χ4n) is 1.99. The summed E-state index contributed by atoms with van der Waals surface area (Å²) in [6.45, 7) is 0. The van der Waals surface area contributed by atoms with Crippen LogP contribution in [-0.4, -0.2) is 4.40 Å². The van der Waals surface area contributed by atoms with Crippen LogP contribution in [0, 0.1) is 17.1 Å². The molecule has 16 heavy (non-hydrogen) atoms. The number of aromatic nitrogens is 1. The molecule has 0 aliphatic rings. The van der Waals surface area contributed by atoms with Gasteiger partial charge < -0.3 is 4.40 Å². The zero-order valence-electron chi connectivity index (χ0n) is 8.31. The van der Waals surface area contributed by atoms with Gasteiger partial charge in [-0.2, -0.15) is 5.26 Å². The molecule has 2 nitrogen and oxygen atoms in total. The minimum Gasteiger partial charge on any atom is -0.305 e. The van der Waals surface area contributed by atoms with Gasteiger partial charge in [-0.15, -0.1) is 0 Å². The molecule has 0 bridgehead atoms. The van der Waals surface area contributed by atoms with Crippen LogP contribution in [0.15, 0.2) is 42.6 Å². The van der Waals surface area contributed by atoms with Crippen molar-refractivity contribution in [2.24, 2.45) is 0 Å². The molecule has 0 aliphatic carbocycles. The van der Waals surface area contributed by atoms with Crippen molar-refractivity contribution in [3.63, 3.8) is 0 Å². The third-order valence-electron chi connectivity index (χ3n) is 2.74. The Kier molecular flexibility index (Phi) is 1.72. The zero-order chi connectivity index (χ0) is 11.1. The monoisotopic (exact) mass is 210 g/mol. The summed E-state index contributed by atoms with van der Waals surface area (Å²) in [5.74, 6) is -0.473. The molecule has 0 saturated heterocycles. The highest BCUT2D eigenvalue weighted by Crippen LogP contribution is 2.23. The molecule has 3 aromatic rings. The molecule has 76 valence electrons. The Morgan fingerprint density at radius 1 is 1.19 bits per heavy atom. The van der Waals surface area contributed by atoms with Gasteiger partial charge in [0.1, 0.15) is 6.07 Å². The first-order chi connectivity index (χ1) is 7.81. The molecule has 3 heteroatoms. The van der Waals surface area contributed by atoms with Crippen LogP contribution in [0.25, 0.3) is 16.3 Å². The van der Waals surface area contributed by atoms with E-state index >= 15 is 0 Å². The predicted molar refractivity (Wildman–Crippen MR) is 59.6 cm³/mol. The number of rotatable bonds is 0. The third-order valence-corrected chi connectivity index (χ3v) is 2.74. The molecular weight excluding hydrogens is 203 g/mol. The van der Waals surface area contributed by atoms with Crippen molar-refractivity contribution in [3.8, 4) is 6.07 Å². The van der Waals surface area contributed by atoms with Crippen molar-refractivity contribution < 1.29 is 4.39 Å². The van der Waals surface area contributed by atoms with E-state index in [4.69, 9.17) is 5.26 Å². The Hall–Kier alpha value is -2.34. The van der Waals surface area contributed by atoms with E-state index in [1.54, 1.807) is 10.6 Å². The quantitative estimate of drug-likeness (QED) is 0.560. The maximum Gasteiger partial charge on any atom is 0.161 e. The molecule has 0 spiro atoms. The van der Waals surface area contributed by atoms with E-state index < -0.39 is 5.82 Å². The highest BCUT2D eigenvalue weighted by atomic mass is 19.1. The van der Waals surface area contributed by atoms with Gasteiger partial charge in [0.25, 0.3) is 0 Å². The highest BCUT2D eigenvalue weighted by Gasteiger charge is 2.10. The number of halogens is 1. The summed E-state index contributed by atoms with van der Waals surface area (Å²) in [6.07, 6.45) is 1.72. The Labute approximate surface area is 91.2 Å². The van der Waals surface area contributed by atoms with Crippen molar-refractivity contribution in [3.05, 3.63) is 54.1 Å². The lowest BCUT2D eigenvalue weighted by molar-refractivity contribution is 0.623. The third kappa shape index (κ3) is 1.04. The van der Waals surface area contributed by atoms with Crippen molar-refractivity contribution in [1.29, 1.82) is 5.26 Å². The highest BCUT2D eigenvalue weighted by molar-refractivity contribution is 5.96. The normalized spacial score (nSPS) is 10.8. The predicted octanol–water partition coefficient (Wildman–Crippen LogP) is 3.10. The molecule has 2 heterocycles. The molecule has 3 rings (SSSR count). The smallest absolute Gasteiger partial charge is 0.161 e. The second-order valence-corrected chi connectivity index (χ2v) is 3.61. The van der Waals surface area contributed by atoms with E-state index in [-0.39, 0.29) is 5.69 Å². The Bertz CT molecular complexity index is 735. The second kappa shape index (κ2) is 3.07.